The number of allylic oxidation sites excluding steroid dienone is 3. The maximum absolute atomic E-state index is 13.8. The average Bonchev–Trinajstić information content (AvgIpc) is 3.32. The highest BCUT2D eigenvalue weighted by atomic mass is 32.1. The van der Waals surface area contributed by atoms with Crippen molar-refractivity contribution < 1.29 is 23.9 Å². The van der Waals surface area contributed by atoms with Crippen LogP contribution in [0.4, 0.5) is 0 Å². The van der Waals surface area contributed by atoms with E-state index in [1.54, 1.807) is 0 Å². The fraction of sp³-hybridized carbons (Fsp3) is 0.292. The molecular formula is C24H23NO5S. The molecule has 3 atom stereocenters. The quantitative estimate of drug-likeness (QED) is 0.581. The molecule has 7 heteroatoms. The topological polar surface area (TPSA) is 81.7 Å². The van der Waals surface area contributed by atoms with E-state index in [0.717, 1.165) is 16.1 Å². The molecule has 2 heterocycles. The van der Waals surface area contributed by atoms with Gasteiger partial charge in [0.25, 0.3) is 0 Å². The molecule has 0 fully saturated rings. The molecule has 0 spiro atoms. The van der Waals surface area contributed by atoms with Crippen LogP contribution >= 0.6 is 11.3 Å². The summed E-state index contributed by atoms with van der Waals surface area (Å²) in [6.07, 6.45) is 0.469. The van der Waals surface area contributed by atoms with Crippen molar-refractivity contribution in [3.05, 3.63) is 80.8 Å². The third-order valence-corrected chi connectivity index (χ3v) is 6.93. The Hall–Kier alpha value is -3.19. The summed E-state index contributed by atoms with van der Waals surface area (Å²) in [5, 5.41) is 5.20. The first-order valence-corrected chi connectivity index (χ1v) is 10.8. The number of benzene rings is 1. The minimum Gasteiger partial charge on any atom is -0.468 e. The minimum atomic E-state index is -0.965. The van der Waals surface area contributed by atoms with Crippen LogP contribution in [0.3, 0.4) is 0 Å². The second kappa shape index (κ2) is 8.51. The fourth-order valence-electron chi connectivity index (χ4n) is 4.56. The first-order chi connectivity index (χ1) is 15.0. The van der Waals surface area contributed by atoms with Crippen LogP contribution in [-0.2, 0) is 23.9 Å². The number of hydrogen-bond donors (Lipinski definition) is 1. The Morgan fingerprint density at radius 1 is 1.06 bits per heavy atom. The van der Waals surface area contributed by atoms with E-state index in [-0.39, 0.29) is 11.7 Å². The number of hydrogen-bond acceptors (Lipinski definition) is 7. The van der Waals surface area contributed by atoms with E-state index in [0.29, 0.717) is 23.3 Å². The lowest BCUT2D eigenvalue weighted by molar-refractivity contribution is -0.149. The molecule has 0 bridgehead atoms. The number of ketones is 1. The van der Waals surface area contributed by atoms with Crippen LogP contribution < -0.4 is 5.32 Å². The highest BCUT2D eigenvalue weighted by Gasteiger charge is 2.49. The van der Waals surface area contributed by atoms with Crippen molar-refractivity contribution in [3.8, 4) is 0 Å². The first kappa shape index (κ1) is 21.1. The molecule has 6 nitrogen and oxygen atoms in total. The molecule has 0 radical (unpaired) electrons. The minimum absolute atomic E-state index is 0.318. The summed E-state index contributed by atoms with van der Waals surface area (Å²) in [5.74, 6) is -3.29. The van der Waals surface area contributed by atoms with Gasteiger partial charge in [-0.05, 0) is 30.4 Å². The average molecular weight is 438 g/mol. The first-order valence-electron chi connectivity index (χ1n) is 9.97. The summed E-state index contributed by atoms with van der Waals surface area (Å²) < 4.78 is 10.1. The standard InChI is InChI=1S/C24H23NO5S/c1-13-18(23(27)29-2)19(14-8-5-4-6-9-14)21-16(25-13)12-15(17-10-7-11-31-17)20(22(21)26)24(28)30-3/h4-11,15,19-20,25H,12H2,1-3H3/t15-,19+,20-/m1/s1. The van der Waals surface area contributed by atoms with E-state index in [4.69, 9.17) is 9.47 Å². The third-order valence-electron chi connectivity index (χ3n) is 5.92. The zero-order chi connectivity index (χ0) is 22.1. The number of dihydropyridines is 1. The normalized spacial score (nSPS) is 23.2. The van der Waals surface area contributed by atoms with Gasteiger partial charge in [0.1, 0.15) is 5.92 Å². The Bertz CT molecular complexity index is 1080. The van der Waals surface area contributed by atoms with Crippen molar-refractivity contribution in [1.29, 1.82) is 0 Å². The van der Waals surface area contributed by atoms with E-state index >= 15 is 0 Å². The van der Waals surface area contributed by atoms with E-state index in [1.807, 2.05) is 54.8 Å². The van der Waals surface area contributed by atoms with Gasteiger partial charge in [-0.25, -0.2) is 4.79 Å². The van der Waals surface area contributed by atoms with E-state index in [2.05, 4.69) is 5.32 Å². The van der Waals surface area contributed by atoms with Crippen LogP contribution in [0.25, 0.3) is 0 Å². The largest absolute Gasteiger partial charge is 0.468 e. The number of carbonyl (C=O) groups excluding carboxylic acids is 3. The lowest BCUT2D eigenvalue weighted by Gasteiger charge is -2.39. The van der Waals surface area contributed by atoms with Gasteiger partial charge < -0.3 is 14.8 Å². The van der Waals surface area contributed by atoms with Crippen molar-refractivity contribution in [2.75, 3.05) is 14.2 Å². The number of methoxy groups -OCH3 is 2. The Morgan fingerprint density at radius 3 is 2.42 bits per heavy atom. The molecule has 0 unspecified atom stereocenters. The van der Waals surface area contributed by atoms with Crippen LogP contribution in [0.5, 0.6) is 0 Å². The second-order valence-electron chi connectivity index (χ2n) is 7.58. The van der Waals surface area contributed by atoms with Crippen LogP contribution in [0.1, 0.15) is 35.6 Å². The van der Waals surface area contributed by atoms with Gasteiger partial charge in [-0.3, -0.25) is 9.59 Å². The molecule has 4 rings (SSSR count). The molecule has 1 aliphatic heterocycles. The Kier molecular flexibility index (Phi) is 5.78. The van der Waals surface area contributed by atoms with E-state index < -0.39 is 23.8 Å². The predicted molar refractivity (Wildman–Crippen MR) is 116 cm³/mol. The van der Waals surface area contributed by atoms with E-state index in [9.17, 15) is 14.4 Å². The molecule has 31 heavy (non-hydrogen) atoms. The summed E-state index contributed by atoms with van der Waals surface area (Å²) in [5.41, 5.74) is 2.98. The van der Waals surface area contributed by atoms with Crippen molar-refractivity contribution in [1.82, 2.24) is 5.32 Å². The van der Waals surface area contributed by atoms with Gasteiger partial charge in [-0.1, -0.05) is 36.4 Å². The van der Waals surface area contributed by atoms with Crippen molar-refractivity contribution in [2.45, 2.75) is 25.2 Å². The Labute approximate surface area is 184 Å². The highest BCUT2D eigenvalue weighted by Crippen LogP contribution is 2.48. The molecule has 1 aliphatic carbocycles. The molecule has 1 aromatic carbocycles. The van der Waals surface area contributed by atoms with Gasteiger partial charge in [0, 0.05) is 33.7 Å². The van der Waals surface area contributed by atoms with Gasteiger partial charge in [-0.2, -0.15) is 0 Å². The van der Waals surface area contributed by atoms with Gasteiger partial charge in [0.05, 0.1) is 19.8 Å². The predicted octanol–water partition coefficient (Wildman–Crippen LogP) is 3.68. The van der Waals surface area contributed by atoms with Crippen LogP contribution in [0, 0.1) is 5.92 Å². The lowest BCUT2D eigenvalue weighted by atomic mass is 9.68. The SMILES string of the molecule is COC(=O)C1=C(C)NC2=C(C(=O)[C@H](C(=O)OC)[C@@H](c3cccs3)C2)[C@H]1c1ccccc1. The number of esters is 2. The number of rotatable bonds is 4. The third kappa shape index (κ3) is 3.59. The fourth-order valence-corrected chi connectivity index (χ4v) is 5.43. The molecule has 1 N–H and O–H groups in total. The van der Waals surface area contributed by atoms with Gasteiger partial charge >= 0.3 is 11.9 Å². The summed E-state index contributed by atoms with van der Waals surface area (Å²) in [4.78, 5) is 40.3. The highest BCUT2D eigenvalue weighted by molar-refractivity contribution is 7.10. The summed E-state index contributed by atoms with van der Waals surface area (Å²) in [6, 6.07) is 13.2. The number of ether oxygens (including phenoxy) is 2. The molecule has 0 saturated carbocycles. The maximum Gasteiger partial charge on any atom is 0.336 e. The van der Waals surface area contributed by atoms with Gasteiger partial charge in [-0.15, -0.1) is 11.3 Å². The molecule has 2 aromatic rings. The van der Waals surface area contributed by atoms with Crippen molar-refractivity contribution in [3.63, 3.8) is 0 Å². The summed E-state index contributed by atoms with van der Waals surface area (Å²) in [6.45, 7) is 1.81. The van der Waals surface area contributed by atoms with Crippen LogP contribution in [0.2, 0.25) is 0 Å². The zero-order valence-corrected chi connectivity index (χ0v) is 18.3. The van der Waals surface area contributed by atoms with Crippen molar-refractivity contribution >= 4 is 29.1 Å². The van der Waals surface area contributed by atoms with Crippen LogP contribution in [0.15, 0.2) is 70.4 Å². The molecule has 160 valence electrons. The smallest absolute Gasteiger partial charge is 0.336 e. The Morgan fingerprint density at radius 2 is 1.81 bits per heavy atom. The van der Waals surface area contributed by atoms with Gasteiger partial charge in [0.2, 0.25) is 0 Å². The maximum atomic E-state index is 13.8. The molecular weight excluding hydrogens is 414 g/mol. The number of Topliss-reactive ketones (excluding diaryl/α,β-unsaturated/α-hetero) is 1. The second-order valence-corrected chi connectivity index (χ2v) is 8.56. The summed E-state index contributed by atoms with van der Waals surface area (Å²) >= 11 is 1.51. The number of nitrogens with one attached hydrogen (secondary N) is 1. The lowest BCUT2D eigenvalue weighted by Crippen LogP contribution is -2.43. The zero-order valence-electron chi connectivity index (χ0n) is 17.5. The molecule has 0 saturated heterocycles. The molecule has 0 amide bonds. The van der Waals surface area contributed by atoms with Crippen LogP contribution in [-0.4, -0.2) is 31.9 Å². The Balaban J connectivity index is 1.90. The van der Waals surface area contributed by atoms with Crippen molar-refractivity contribution in [2.24, 2.45) is 5.92 Å². The molecule has 1 aromatic heterocycles. The number of carbonyl (C=O) groups is 3. The van der Waals surface area contributed by atoms with Gasteiger partial charge in [0.15, 0.2) is 5.78 Å². The number of thiophene rings is 1. The monoisotopic (exact) mass is 437 g/mol. The summed E-state index contributed by atoms with van der Waals surface area (Å²) in [7, 11) is 2.62. The molecule has 2 aliphatic rings. The van der Waals surface area contributed by atoms with E-state index in [1.165, 1.54) is 25.6 Å².